The first-order valence-corrected chi connectivity index (χ1v) is 9.49. The number of amides is 1. The minimum atomic E-state index is 0.0184. The fourth-order valence-corrected chi connectivity index (χ4v) is 4.02. The highest BCUT2D eigenvalue weighted by molar-refractivity contribution is 8.18. The van der Waals surface area contributed by atoms with Crippen molar-refractivity contribution < 1.29 is 9.53 Å². The van der Waals surface area contributed by atoms with Crippen molar-refractivity contribution in [2.45, 2.75) is 20.8 Å². The Morgan fingerprint density at radius 3 is 2.50 bits per heavy atom. The predicted molar refractivity (Wildman–Crippen MR) is 108 cm³/mol. The number of carbonyl (C=O) groups is 1. The van der Waals surface area contributed by atoms with Gasteiger partial charge in [0, 0.05) is 30.2 Å². The van der Waals surface area contributed by atoms with E-state index in [0.29, 0.717) is 18.0 Å². The van der Waals surface area contributed by atoms with Crippen LogP contribution in [0.4, 0.5) is 0 Å². The van der Waals surface area contributed by atoms with E-state index in [1.807, 2.05) is 50.3 Å². The van der Waals surface area contributed by atoms with Crippen LogP contribution >= 0.6 is 11.8 Å². The third-order valence-corrected chi connectivity index (χ3v) is 5.26. The Balaban J connectivity index is 1.99. The lowest BCUT2D eigenvalue weighted by Gasteiger charge is -2.12. The second-order valence-corrected chi connectivity index (χ2v) is 6.86. The monoisotopic (exact) mass is 369 g/mol. The molecule has 1 aliphatic heterocycles. The summed E-state index contributed by atoms with van der Waals surface area (Å²) in [5.74, 6) is 0.837. The molecule has 1 saturated heterocycles. The number of carbonyl (C=O) groups excluding carboxylic acids is 1. The molecule has 0 spiro atoms. The van der Waals surface area contributed by atoms with Gasteiger partial charge in [0.25, 0.3) is 5.91 Å². The number of methoxy groups -OCH3 is 1. The van der Waals surface area contributed by atoms with Crippen LogP contribution in [0.3, 0.4) is 0 Å². The van der Waals surface area contributed by atoms with Crippen molar-refractivity contribution in [3.63, 3.8) is 0 Å². The Labute approximate surface area is 158 Å². The van der Waals surface area contributed by atoms with Crippen LogP contribution in [0.15, 0.2) is 46.3 Å². The van der Waals surface area contributed by atoms with Gasteiger partial charge in [-0.05, 0) is 75.0 Å². The molecule has 1 aliphatic rings. The summed E-state index contributed by atoms with van der Waals surface area (Å²) in [7, 11) is 1.66. The summed E-state index contributed by atoms with van der Waals surface area (Å²) < 4.78 is 7.37. The Morgan fingerprint density at radius 1 is 1.15 bits per heavy atom. The predicted octanol–water partition coefficient (Wildman–Crippen LogP) is 4.11. The Morgan fingerprint density at radius 2 is 1.88 bits per heavy atom. The average molecular weight is 369 g/mol. The van der Waals surface area contributed by atoms with E-state index in [9.17, 15) is 4.79 Å². The Hall–Kier alpha value is -2.47. The van der Waals surface area contributed by atoms with Crippen molar-refractivity contribution in [2.75, 3.05) is 20.2 Å². The number of thioether (sulfide) groups is 1. The van der Waals surface area contributed by atoms with Gasteiger partial charge in [0.1, 0.15) is 5.75 Å². The summed E-state index contributed by atoms with van der Waals surface area (Å²) in [5.41, 5.74) is 3.11. The molecule has 2 heterocycles. The highest BCUT2D eigenvalue weighted by Gasteiger charge is 2.32. The van der Waals surface area contributed by atoms with Crippen LogP contribution in [0.1, 0.15) is 25.2 Å². The third kappa shape index (κ3) is 3.42. The molecule has 0 N–H and O–H groups in total. The number of nitrogens with zero attached hydrogens (tertiary/aromatic N) is 3. The van der Waals surface area contributed by atoms with Gasteiger partial charge in [-0.1, -0.05) is 0 Å². The number of ether oxygens (including phenoxy) is 1. The summed E-state index contributed by atoms with van der Waals surface area (Å²) >= 11 is 1.44. The van der Waals surface area contributed by atoms with E-state index in [1.165, 1.54) is 11.8 Å². The number of aromatic nitrogens is 1. The summed E-state index contributed by atoms with van der Waals surface area (Å²) in [6.45, 7) is 7.29. The number of aryl methyl sites for hydroxylation is 1. The van der Waals surface area contributed by atoms with Crippen LogP contribution in [0.25, 0.3) is 11.8 Å². The van der Waals surface area contributed by atoms with Crippen molar-refractivity contribution in [2.24, 2.45) is 4.99 Å². The molecule has 1 fully saturated rings. The molecule has 0 bridgehead atoms. The molecule has 1 amide bonds. The normalized spacial score (nSPS) is 17.5. The molecule has 0 saturated carbocycles. The van der Waals surface area contributed by atoms with E-state index in [0.717, 1.165) is 28.0 Å². The van der Waals surface area contributed by atoms with Crippen molar-refractivity contribution >= 4 is 28.9 Å². The maximum atomic E-state index is 12.7. The zero-order valence-electron chi connectivity index (χ0n) is 15.5. The lowest BCUT2D eigenvalue weighted by molar-refractivity contribution is -0.122. The van der Waals surface area contributed by atoms with Gasteiger partial charge in [0.2, 0.25) is 0 Å². The van der Waals surface area contributed by atoms with Gasteiger partial charge in [-0.25, -0.2) is 0 Å². The van der Waals surface area contributed by atoms with Crippen LogP contribution in [-0.2, 0) is 4.79 Å². The summed E-state index contributed by atoms with van der Waals surface area (Å²) in [4.78, 5) is 19.6. The van der Waals surface area contributed by atoms with Gasteiger partial charge in [-0.2, -0.15) is 0 Å². The molecule has 6 heteroatoms. The summed E-state index contributed by atoms with van der Waals surface area (Å²) in [6.07, 6.45) is 1.95. The molecular weight excluding hydrogens is 346 g/mol. The molecular formula is C20H23N3O2S. The van der Waals surface area contributed by atoms with Gasteiger partial charge in [0.05, 0.1) is 12.0 Å². The quantitative estimate of drug-likeness (QED) is 0.745. The van der Waals surface area contributed by atoms with Crippen molar-refractivity contribution in [3.05, 3.63) is 52.7 Å². The summed E-state index contributed by atoms with van der Waals surface area (Å²) in [6, 6.07) is 12.0. The molecule has 3 rings (SSSR count). The first kappa shape index (κ1) is 18.3. The lowest BCUT2D eigenvalue weighted by Crippen LogP contribution is -2.28. The molecule has 1 aromatic heterocycles. The van der Waals surface area contributed by atoms with E-state index in [-0.39, 0.29) is 5.91 Å². The fraction of sp³-hybridized carbons (Fsp3) is 0.300. The second kappa shape index (κ2) is 7.83. The standard InChI is InChI=1S/C20H23N3O2S/c1-5-21-20-22(6-2)19(24)18(26-20)13-16-8-7-14(3)23(16)15-9-11-17(25-4)12-10-15/h7-13H,5-6H2,1-4H3/b18-13-,21-20?. The van der Waals surface area contributed by atoms with E-state index >= 15 is 0 Å². The highest BCUT2D eigenvalue weighted by Crippen LogP contribution is 2.33. The fourth-order valence-electron chi connectivity index (χ4n) is 2.93. The van der Waals surface area contributed by atoms with Crippen LogP contribution < -0.4 is 4.74 Å². The van der Waals surface area contributed by atoms with Gasteiger partial charge in [-0.15, -0.1) is 0 Å². The number of rotatable bonds is 5. The first-order valence-electron chi connectivity index (χ1n) is 8.67. The molecule has 2 aromatic rings. The van der Waals surface area contributed by atoms with Crippen molar-refractivity contribution in [3.8, 4) is 11.4 Å². The van der Waals surface area contributed by atoms with Crippen LogP contribution in [0, 0.1) is 6.92 Å². The molecule has 0 aliphatic carbocycles. The van der Waals surface area contributed by atoms with Crippen molar-refractivity contribution in [1.82, 2.24) is 9.47 Å². The van der Waals surface area contributed by atoms with Gasteiger partial charge in [-0.3, -0.25) is 14.7 Å². The van der Waals surface area contributed by atoms with E-state index in [4.69, 9.17) is 4.74 Å². The molecule has 5 nitrogen and oxygen atoms in total. The molecule has 136 valence electrons. The smallest absolute Gasteiger partial charge is 0.266 e. The van der Waals surface area contributed by atoms with Gasteiger partial charge < -0.3 is 9.30 Å². The minimum Gasteiger partial charge on any atom is -0.497 e. The SMILES string of the molecule is CCN=C1S/C(=C\c2ccc(C)n2-c2ccc(OC)cc2)C(=O)N1CC. The van der Waals surface area contributed by atoms with Gasteiger partial charge in [0.15, 0.2) is 5.17 Å². The average Bonchev–Trinajstić information content (AvgIpc) is 3.15. The first-order chi connectivity index (χ1) is 12.6. The minimum absolute atomic E-state index is 0.0184. The zero-order chi connectivity index (χ0) is 18.7. The molecule has 1 aromatic carbocycles. The number of aliphatic imine (C=N–C) groups is 1. The van der Waals surface area contributed by atoms with E-state index in [2.05, 4.69) is 22.5 Å². The topological polar surface area (TPSA) is 46.8 Å². The number of hydrogen-bond acceptors (Lipinski definition) is 4. The zero-order valence-corrected chi connectivity index (χ0v) is 16.3. The van der Waals surface area contributed by atoms with Crippen molar-refractivity contribution in [1.29, 1.82) is 0 Å². The Bertz CT molecular complexity index is 866. The van der Waals surface area contributed by atoms with E-state index in [1.54, 1.807) is 12.0 Å². The maximum absolute atomic E-state index is 12.7. The third-order valence-electron chi connectivity index (χ3n) is 4.21. The molecule has 0 radical (unpaired) electrons. The number of likely N-dealkylation sites (N-methyl/N-ethyl adjacent to an activating group) is 1. The molecule has 0 atom stereocenters. The number of amidine groups is 1. The van der Waals surface area contributed by atoms with Crippen LogP contribution in [0.5, 0.6) is 5.75 Å². The second-order valence-electron chi connectivity index (χ2n) is 5.85. The summed E-state index contributed by atoms with van der Waals surface area (Å²) in [5, 5.41) is 0.783. The lowest BCUT2D eigenvalue weighted by atomic mass is 10.2. The molecule has 26 heavy (non-hydrogen) atoms. The maximum Gasteiger partial charge on any atom is 0.266 e. The highest BCUT2D eigenvalue weighted by atomic mass is 32.2. The number of hydrogen-bond donors (Lipinski definition) is 0. The van der Waals surface area contributed by atoms with Crippen LogP contribution in [0.2, 0.25) is 0 Å². The van der Waals surface area contributed by atoms with E-state index < -0.39 is 0 Å². The van der Waals surface area contributed by atoms with Gasteiger partial charge >= 0.3 is 0 Å². The number of benzene rings is 1. The molecule has 0 unspecified atom stereocenters. The van der Waals surface area contributed by atoms with Crippen LogP contribution in [-0.4, -0.2) is 40.7 Å². The Kier molecular flexibility index (Phi) is 5.52. The largest absolute Gasteiger partial charge is 0.497 e.